The van der Waals surface area contributed by atoms with Crippen LogP contribution in [0, 0.1) is 5.92 Å². The molecule has 2 rings (SSSR count). The van der Waals surface area contributed by atoms with Crippen molar-refractivity contribution in [1.82, 2.24) is 9.36 Å². The highest BCUT2D eigenvalue weighted by Gasteiger charge is 2.30. The summed E-state index contributed by atoms with van der Waals surface area (Å²) in [5.41, 5.74) is 0. The molecule has 1 fully saturated rings. The molecule has 6 heteroatoms. The Labute approximate surface area is 104 Å². The molecule has 0 aliphatic heterocycles. The van der Waals surface area contributed by atoms with Gasteiger partial charge in [0, 0.05) is 24.0 Å². The molecule has 0 aromatic carbocycles. The van der Waals surface area contributed by atoms with E-state index in [4.69, 9.17) is 5.11 Å². The maximum absolute atomic E-state index is 10.8. The number of carboxylic acid groups (broad SMARTS) is 1. The molecule has 0 bridgehead atoms. The molecule has 94 valence electrons. The molecule has 0 spiro atoms. The summed E-state index contributed by atoms with van der Waals surface area (Å²) in [6.45, 7) is 2.10. The monoisotopic (exact) mass is 255 g/mol. The zero-order chi connectivity index (χ0) is 12.3. The maximum Gasteiger partial charge on any atom is 0.306 e. The highest BCUT2D eigenvalue weighted by atomic mass is 32.1. The van der Waals surface area contributed by atoms with E-state index in [1.165, 1.54) is 11.5 Å². The van der Waals surface area contributed by atoms with Crippen molar-refractivity contribution in [1.29, 1.82) is 0 Å². The summed E-state index contributed by atoms with van der Waals surface area (Å²) in [5.74, 6) is 0.00144. The molecule has 2 atom stereocenters. The van der Waals surface area contributed by atoms with Gasteiger partial charge in [0.05, 0.1) is 5.92 Å². The minimum absolute atomic E-state index is 0.199. The van der Waals surface area contributed by atoms with Crippen LogP contribution in [-0.2, 0) is 11.2 Å². The van der Waals surface area contributed by atoms with Crippen LogP contribution in [0.4, 0.5) is 5.13 Å². The Balaban J connectivity index is 1.86. The summed E-state index contributed by atoms with van der Waals surface area (Å²) in [6, 6.07) is 0.235. The number of anilines is 1. The number of nitrogens with one attached hydrogen (secondary N) is 1. The van der Waals surface area contributed by atoms with Crippen LogP contribution in [0.2, 0.25) is 0 Å². The van der Waals surface area contributed by atoms with Gasteiger partial charge in [-0.05, 0) is 25.7 Å². The molecule has 1 aliphatic carbocycles. The fourth-order valence-electron chi connectivity index (χ4n) is 2.15. The number of nitrogens with zero attached hydrogens (tertiary/aromatic N) is 2. The average Bonchev–Trinajstić information content (AvgIpc) is 2.89. The van der Waals surface area contributed by atoms with E-state index in [1.54, 1.807) is 0 Å². The van der Waals surface area contributed by atoms with Crippen LogP contribution in [0.15, 0.2) is 0 Å². The molecule has 0 unspecified atom stereocenters. The second kappa shape index (κ2) is 5.44. The number of hydrogen-bond acceptors (Lipinski definition) is 5. The van der Waals surface area contributed by atoms with Crippen LogP contribution in [0.1, 0.15) is 38.4 Å². The van der Waals surface area contributed by atoms with Crippen LogP contribution in [0.5, 0.6) is 0 Å². The van der Waals surface area contributed by atoms with E-state index in [2.05, 4.69) is 21.6 Å². The van der Waals surface area contributed by atoms with Crippen molar-refractivity contribution < 1.29 is 9.90 Å². The Kier molecular flexibility index (Phi) is 3.93. The average molecular weight is 255 g/mol. The van der Waals surface area contributed by atoms with Gasteiger partial charge in [0.15, 0.2) is 0 Å². The third-order valence-corrected chi connectivity index (χ3v) is 3.74. The third kappa shape index (κ3) is 3.15. The largest absolute Gasteiger partial charge is 0.481 e. The first kappa shape index (κ1) is 12.3. The third-order valence-electron chi connectivity index (χ3n) is 3.05. The second-order valence-corrected chi connectivity index (χ2v) is 5.21. The topological polar surface area (TPSA) is 75.1 Å². The summed E-state index contributed by atoms with van der Waals surface area (Å²) < 4.78 is 4.25. The number of aromatic nitrogens is 2. The van der Waals surface area contributed by atoms with Gasteiger partial charge in [-0.15, -0.1) is 0 Å². The molecular weight excluding hydrogens is 238 g/mol. The van der Waals surface area contributed by atoms with Crippen molar-refractivity contribution >= 4 is 22.6 Å². The quantitative estimate of drug-likeness (QED) is 0.843. The Morgan fingerprint density at radius 2 is 2.41 bits per heavy atom. The summed E-state index contributed by atoms with van der Waals surface area (Å²) in [4.78, 5) is 15.2. The fourth-order valence-corrected chi connectivity index (χ4v) is 2.84. The zero-order valence-corrected chi connectivity index (χ0v) is 10.7. The van der Waals surface area contributed by atoms with Crippen LogP contribution >= 0.6 is 11.5 Å². The van der Waals surface area contributed by atoms with Crippen LogP contribution < -0.4 is 5.32 Å². The number of carbonyl (C=O) groups is 1. The molecule has 1 aromatic rings. The van der Waals surface area contributed by atoms with E-state index >= 15 is 0 Å². The first-order valence-electron chi connectivity index (χ1n) is 6.01. The first-order chi connectivity index (χ1) is 8.19. The van der Waals surface area contributed by atoms with Gasteiger partial charge in [0.2, 0.25) is 5.13 Å². The molecule has 1 heterocycles. The molecule has 1 saturated carbocycles. The highest BCUT2D eigenvalue weighted by Crippen LogP contribution is 2.28. The Morgan fingerprint density at radius 3 is 3.06 bits per heavy atom. The zero-order valence-electron chi connectivity index (χ0n) is 9.85. The van der Waals surface area contributed by atoms with Crippen molar-refractivity contribution in [2.75, 3.05) is 5.32 Å². The standard InChI is InChI=1S/C11H17N3O2S/c1-2-3-9-13-11(17-14-9)12-8-5-4-7(6-8)10(15)16/h7-8H,2-6H2,1H3,(H,15,16)(H,12,13,14)/t7-,8+/m1/s1. The van der Waals surface area contributed by atoms with E-state index in [0.29, 0.717) is 6.42 Å². The summed E-state index contributed by atoms with van der Waals surface area (Å²) in [6.07, 6.45) is 4.30. The number of aliphatic carboxylic acids is 1. The summed E-state index contributed by atoms with van der Waals surface area (Å²) in [5, 5.41) is 13.0. The van der Waals surface area contributed by atoms with Gasteiger partial charge < -0.3 is 10.4 Å². The van der Waals surface area contributed by atoms with Crippen molar-refractivity contribution in [3.63, 3.8) is 0 Å². The van der Waals surface area contributed by atoms with Crippen LogP contribution in [0.3, 0.4) is 0 Å². The molecule has 0 saturated heterocycles. The molecule has 0 amide bonds. The van der Waals surface area contributed by atoms with Gasteiger partial charge in [-0.3, -0.25) is 4.79 Å². The van der Waals surface area contributed by atoms with E-state index in [0.717, 1.165) is 36.6 Å². The molecule has 1 aromatic heterocycles. The SMILES string of the molecule is CCCc1nsc(N[C@H]2CC[C@@H](C(=O)O)C2)n1. The number of aryl methyl sites for hydroxylation is 1. The number of hydrogen-bond donors (Lipinski definition) is 2. The fraction of sp³-hybridized carbons (Fsp3) is 0.727. The second-order valence-electron chi connectivity index (χ2n) is 4.46. The van der Waals surface area contributed by atoms with Crippen molar-refractivity contribution in [3.8, 4) is 0 Å². The Bertz CT molecular complexity index is 394. The number of carboxylic acids is 1. The molecule has 5 nitrogen and oxygen atoms in total. The van der Waals surface area contributed by atoms with Crippen molar-refractivity contribution in [2.24, 2.45) is 5.92 Å². The molecule has 2 N–H and O–H groups in total. The minimum atomic E-state index is -0.682. The Hall–Kier alpha value is -1.17. The number of rotatable bonds is 5. The van der Waals surface area contributed by atoms with E-state index in [1.807, 2.05) is 0 Å². The minimum Gasteiger partial charge on any atom is -0.481 e. The molecular formula is C11H17N3O2S. The predicted octanol–water partition coefficient (Wildman–Crippen LogP) is 2.16. The molecule has 1 aliphatic rings. The van der Waals surface area contributed by atoms with Crippen LogP contribution in [-0.4, -0.2) is 26.5 Å². The van der Waals surface area contributed by atoms with Gasteiger partial charge in [-0.25, -0.2) is 4.98 Å². The van der Waals surface area contributed by atoms with Gasteiger partial charge in [-0.1, -0.05) is 6.92 Å². The van der Waals surface area contributed by atoms with E-state index in [-0.39, 0.29) is 12.0 Å². The molecule has 17 heavy (non-hydrogen) atoms. The lowest BCUT2D eigenvalue weighted by molar-refractivity contribution is -0.141. The van der Waals surface area contributed by atoms with E-state index < -0.39 is 5.97 Å². The lowest BCUT2D eigenvalue weighted by Gasteiger charge is -2.09. The molecule has 0 radical (unpaired) electrons. The lowest BCUT2D eigenvalue weighted by Crippen LogP contribution is -2.17. The van der Waals surface area contributed by atoms with Crippen molar-refractivity contribution in [3.05, 3.63) is 5.82 Å². The normalized spacial score (nSPS) is 23.8. The maximum atomic E-state index is 10.8. The summed E-state index contributed by atoms with van der Waals surface area (Å²) in [7, 11) is 0. The van der Waals surface area contributed by atoms with Crippen molar-refractivity contribution in [2.45, 2.75) is 45.1 Å². The lowest BCUT2D eigenvalue weighted by atomic mass is 10.1. The van der Waals surface area contributed by atoms with Gasteiger partial charge in [0.1, 0.15) is 5.82 Å². The van der Waals surface area contributed by atoms with Gasteiger partial charge >= 0.3 is 5.97 Å². The smallest absolute Gasteiger partial charge is 0.306 e. The first-order valence-corrected chi connectivity index (χ1v) is 6.78. The van der Waals surface area contributed by atoms with E-state index in [9.17, 15) is 4.79 Å². The Morgan fingerprint density at radius 1 is 1.59 bits per heavy atom. The van der Waals surface area contributed by atoms with Gasteiger partial charge in [-0.2, -0.15) is 4.37 Å². The van der Waals surface area contributed by atoms with Crippen LogP contribution in [0.25, 0.3) is 0 Å². The summed E-state index contributed by atoms with van der Waals surface area (Å²) >= 11 is 1.37. The predicted molar refractivity (Wildman–Crippen MR) is 66.3 cm³/mol. The van der Waals surface area contributed by atoms with Gasteiger partial charge in [0.25, 0.3) is 0 Å². The highest BCUT2D eigenvalue weighted by molar-refractivity contribution is 7.09.